The summed E-state index contributed by atoms with van der Waals surface area (Å²) in [4.78, 5) is 14.4. The number of halogens is 1. The second kappa shape index (κ2) is 8.16. The molecule has 0 spiro atoms. The molecule has 0 unspecified atom stereocenters. The molecule has 0 atom stereocenters. The minimum Gasteiger partial charge on any atom is -0.381 e. The molecule has 1 rings (SSSR count). The van der Waals surface area contributed by atoms with Gasteiger partial charge in [0, 0.05) is 25.3 Å². The predicted octanol–water partition coefficient (Wildman–Crippen LogP) is 3.54. The summed E-state index contributed by atoms with van der Waals surface area (Å²) in [6.45, 7) is 8.08. The Kier molecular flexibility index (Phi) is 6.87. The van der Waals surface area contributed by atoms with E-state index in [2.05, 4.69) is 40.1 Å². The van der Waals surface area contributed by atoms with Gasteiger partial charge in [-0.1, -0.05) is 13.8 Å². The van der Waals surface area contributed by atoms with E-state index < -0.39 is 4.92 Å². The van der Waals surface area contributed by atoms with E-state index in [4.69, 9.17) is 4.74 Å². The number of rotatable bonds is 8. The van der Waals surface area contributed by atoms with E-state index in [1.54, 1.807) is 6.92 Å². The summed E-state index contributed by atoms with van der Waals surface area (Å²) in [7, 11) is 0. The zero-order valence-corrected chi connectivity index (χ0v) is 13.6. The van der Waals surface area contributed by atoms with Crippen LogP contribution in [0, 0.1) is 23.0 Å². The molecule has 0 bridgehead atoms. The lowest BCUT2D eigenvalue weighted by atomic mass is 10.2. The molecule has 0 saturated heterocycles. The maximum atomic E-state index is 10.8. The maximum absolute atomic E-state index is 10.8. The summed E-state index contributed by atoms with van der Waals surface area (Å²) in [5, 5.41) is 13.9. The van der Waals surface area contributed by atoms with Crippen LogP contribution in [0.15, 0.2) is 10.7 Å². The van der Waals surface area contributed by atoms with Gasteiger partial charge in [0.15, 0.2) is 0 Å². The highest BCUT2D eigenvalue weighted by Gasteiger charge is 2.16. The average Bonchev–Trinajstić information content (AvgIpc) is 2.37. The van der Waals surface area contributed by atoms with Gasteiger partial charge in [0.25, 0.3) is 5.69 Å². The molecule has 1 aromatic heterocycles. The van der Waals surface area contributed by atoms with Crippen molar-refractivity contribution in [2.75, 3.05) is 25.1 Å². The highest BCUT2D eigenvalue weighted by atomic mass is 79.9. The molecule has 0 aliphatic heterocycles. The van der Waals surface area contributed by atoms with Gasteiger partial charge in [0.05, 0.1) is 9.40 Å². The number of nitrogens with zero attached hydrogens (tertiary/aromatic N) is 2. The molecule has 0 saturated carbocycles. The summed E-state index contributed by atoms with van der Waals surface area (Å²) in [5.74, 6) is 1.16. The molecule has 0 aromatic carbocycles. The monoisotopic (exact) mass is 345 g/mol. The molecular weight excluding hydrogens is 326 g/mol. The van der Waals surface area contributed by atoms with Crippen molar-refractivity contribution in [3.05, 3.63) is 26.3 Å². The van der Waals surface area contributed by atoms with Crippen LogP contribution in [-0.4, -0.2) is 29.7 Å². The van der Waals surface area contributed by atoms with Crippen LogP contribution < -0.4 is 5.32 Å². The van der Waals surface area contributed by atoms with Crippen LogP contribution in [0.1, 0.15) is 25.8 Å². The zero-order chi connectivity index (χ0) is 15.1. The van der Waals surface area contributed by atoms with E-state index in [-0.39, 0.29) is 5.69 Å². The highest BCUT2D eigenvalue weighted by molar-refractivity contribution is 9.10. The van der Waals surface area contributed by atoms with Gasteiger partial charge in [0.1, 0.15) is 12.0 Å². The van der Waals surface area contributed by atoms with Gasteiger partial charge in [-0.2, -0.15) is 0 Å². The molecule has 0 fully saturated rings. The second-order valence-electron chi connectivity index (χ2n) is 4.94. The molecule has 0 radical (unpaired) electrons. The first kappa shape index (κ1) is 16.8. The molecular formula is C13H20BrN3O3. The van der Waals surface area contributed by atoms with Crippen molar-refractivity contribution in [1.29, 1.82) is 0 Å². The number of nitro groups is 1. The van der Waals surface area contributed by atoms with Crippen molar-refractivity contribution < 1.29 is 9.66 Å². The number of nitrogens with one attached hydrogen (secondary N) is 1. The van der Waals surface area contributed by atoms with Crippen LogP contribution in [0.3, 0.4) is 0 Å². The maximum Gasteiger partial charge on any atom is 0.291 e. The summed E-state index contributed by atoms with van der Waals surface area (Å²) in [6, 6.07) is 0. The van der Waals surface area contributed by atoms with Crippen LogP contribution in [0.5, 0.6) is 0 Å². The fourth-order valence-corrected chi connectivity index (χ4v) is 2.02. The lowest BCUT2D eigenvalue weighted by Gasteiger charge is -2.10. The second-order valence-corrected chi connectivity index (χ2v) is 5.73. The topological polar surface area (TPSA) is 77.3 Å². The average molecular weight is 346 g/mol. The van der Waals surface area contributed by atoms with Crippen molar-refractivity contribution in [2.24, 2.45) is 5.92 Å². The first-order chi connectivity index (χ1) is 9.43. The summed E-state index contributed by atoms with van der Waals surface area (Å²) >= 11 is 3.34. The van der Waals surface area contributed by atoms with Gasteiger partial charge in [-0.15, -0.1) is 0 Å². The molecule has 1 N–H and O–H groups in total. The first-order valence-corrected chi connectivity index (χ1v) is 7.34. The molecule has 0 amide bonds. The molecule has 1 aromatic rings. The number of hydrogen-bond acceptors (Lipinski definition) is 5. The van der Waals surface area contributed by atoms with E-state index in [0.29, 0.717) is 34.9 Å². The molecule has 112 valence electrons. The van der Waals surface area contributed by atoms with Gasteiger partial charge >= 0.3 is 0 Å². The predicted molar refractivity (Wildman–Crippen MR) is 82.1 cm³/mol. The van der Waals surface area contributed by atoms with E-state index in [1.807, 2.05) is 0 Å². The van der Waals surface area contributed by atoms with Gasteiger partial charge < -0.3 is 10.1 Å². The Morgan fingerprint density at radius 2 is 2.25 bits per heavy atom. The summed E-state index contributed by atoms with van der Waals surface area (Å²) in [5.41, 5.74) is 0.589. The molecule has 7 heteroatoms. The lowest BCUT2D eigenvalue weighted by molar-refractivity contribution is -0.385. The lowest BCUT2D eigenvalue weighted by Crippen LogP contribution is -2.10. The molecule has 1 heterocycles. The van der Waals surface area contributed by atoms with E-state index in [1.165, 1.54) is 6.20 Å². The SMILES string of the molecule is Cc1c([N+](=O)[O-])cnc(NCCCOCC(C)C)c1Br. The Labute approximate surface area is 127 Å². The van der Waals surface area contributed by atoms with Crippen LogP contribution in [0.25, 0.3) is 0 Å². The number of hydrogen-bond donors (Lipinski definition) is 1. The fourth-order valence-electron chi connectivity index (χ4n) is 1.58. The van der Waals surface area contributed by atoms with Crippen LogP contribution in [-0.2, 0) is 4.74 Å². The quantitative estimate of drug-likeness (QED) is 0.443. The van der Waals surface area contributed by atoms with E-state index >= 15 is 0 Å². The summed E-state index contributed by atoms with van der Waals surface area (Å²) < 4.78 is 6.11. The molecule has 0 aliphatic carbocycles. The van der Waals surface area contributed by atoms with Crippen molar-refractivity contribution in [3.63, 3.8) is 0 Å². The van der Waals surface area contributed by atoms with Crippen molar-refractivity contribution in [1.82, 2.24) is 4.98 Å². The van der Waals surface area contributed by atoms with E-state index in [9.17, 15) is 10.1 Å². The van der Waals surface area contributed by atoms with Gasteiger partial charge in [-0.3, -0.25) is 10.1 Å². The Balaban J connectivity index is 2.45. The standard InChI is InChI=1S/C13H20BrN3O3/c1-9(2)8-20-6-4-5-15-13-12(14)10(3)11(7-16-13)17(18)19/h7,9H,4-6,8H2,1-3H3,(H,15,16). The van der Waals surface area contributed by atoms with Gasteiger partial charge in [-0.25, -0.2) is 4.98 Å². The minimum atomic E-state index is -0.434. The Hall–Kier alpha value is -1.21. The third kappa shape index (κ3) is 5.05. The number of aromatic nitrogens is 1. The normalized spacial score (nSPS) is 10.8. The Morgan fingerprint density at radius 3 is 2.85 bits per heavy atom. The van der Waals surface area contributed by atoms with Gasteiger partial charge in [0.2, 0.25) is 0 Å². The third-order valence-electron chi connectivity index (χ3n) is 2.64. The molecule has 6 nitrogen and oxygen atoms in total. The number of ether oxygens (including phenoxy) is 1. The van der Waals surface area contributed by atoms with Crippen LogP contribution >= 0.6 is 15.9 Å². The Bertz CT molecular complexity index is 466. The first-order valence-electron chi connectivity index (χ1n) is 6.54. The number of pyridine rings is 1. The Morgan fingerprint density at radius 1 is 1.55 bits per heavy atom. The zero-order valence-electron chi connectivity index (χ0n) is 12.0. The summed E-state index contributed by atoms with van der Waals surface area (Å²) in [6.07, 6.45) is 2.13. The number of anilines is 1. The highest BCUT2D eigenvalue weighted by Crippen LogP contribution is 2.30. The van der Waals surface area contributed by atoms with Crippen molar-refractivity contribution in [2.45, 2.75) is 27.2 Å². The molecule has 20 heavy (non-hydrogen) atoms. The van der Waals surface area contributed by atoms with Gasteiger partial charge in [-0.05, 0) is 35.2 Å². The largest absolute Gasteiger partial charge is 0.381 e. The molecule has 0 aliphatic rings. The third-order valence-corrected chi connectivity index (χ3v) is 3.61. The van der Waals surface area contributed by atoms with E-state index in [0.717, 1.165) is 13.0 Å². The minimum absolute atomic E-state index is 0.0164. The van der Waals surface area contributed by atoms with Crippen molar-refractivity contribution in [3.8, 4) is 0 Å². The van der Waals surface area contributed by atoms with Crippen LogP contribution in [0.2, 0.25) is 0 Å². The smallest absolute Gasteiger partial charge is 0.291 e. The van der Waals surface area contributed by atoms with Crippen LogP contribution in [0.4, 0.5) is 11.5 Å². The fraction of sp³-hybridized carbons (Fsp3) is 0.615. The van der Waals surface area contributed by atoms with Crippen molar-refractivity contribution >= 4 is 27.4 Å².